The summed E-state index contributed by atoms with van der Waals surface area (Å²) < 4.78 is 8.81. The number of hydrogen-bond donors (Lipinski definition) is 1. The van der Waals surface area contributed by atoms with Crippen molar-refractivity contribution in [3.8, 4) is 0 Å². The molecule has 1 aliphatic heterocycles. The molecule has 2 aromatic heterocycles. The first-order valence-electron chi connectivity index (χ1n) is 11.9. The number of nitrogens with zero attached hydrogens (tertiary/aromatic N) is 4. The largest absolute Gasteiger partial charge is 0.381 e. The van der Waals surface area contributed by atoms with Gasteiger partial charge in [0.15, 0.2) is 5.65 Å². The third-order valence-electron chi connectivity index (χ3n) is 6.77. The van der Waals surface area contributed by atoms with Crippen LogP contribution in [-0.2, 0) is 28.0 Å². The lowest BCUT2D eigenvalue weighted by Crippen LogP contribution is -2.48. The Morgan fingerprint density at radius 2 is 1.91 bits per heavy atom. The number of amides is 1. The molecule has 8 nitrogen and oxygen atoms in total. The molecule has 1 N–H and O–H groups in total. The van der Waals surface area contributed by atoms with Gasteiger partial charge in [-0.05, 0) is 30.9 Å². The van der Waals surface area contributed by atoms with Crippen LogP contribution in [0.25, 0.3) is 11.0 Å². The number of hydrogen-bond acceptors (Lipinski definition) is 5. The van der Waals surface area contributed by atoms with E-state index in [9.17, 15) is 9.59 Å². The molecule has 180 valence electrons. The Bertz CT molecular complexity index is 1390. The number of fused-ring (bicyclic) bond motifs is 1. The molecule has 1 amide bonds. The summed E-state index contributed by atoms with van der Waals surface area (Å²) in [5.74, 6) is -0.00284. The maximum absolute atomic E-state index is 13.3. The number of aryl methyl sites for hydroxylation is 1. The summed E-state index contributed by atoms with van der Waals surface area (Å²) in [4.78, 5) is 30.9. The lowest BCUT2D eigenvalue weighted by molar-refractivity contribution is -0.130. The zero-order chi connectivity index (χ0) is 24.3. The molecular formula is C27H29N5O3. The van der Waals surface area contributed by atoms with Crippen LogP contribution in [-0.4, -0.2) is 45.0 Å². The van der Waals surface area contributed by atoms with Crippen molar-refractivity contribution in [3.63, 3.8) is 0 Å². The number of rotatable bonds is 7. The highest BCUT2D eigenvalue weighted by atomic mass is 16.5. The van der Waals surface area contributed by atoms with Gasteiger partial charge < -0.3 is 10.1 Å². The van der Waals surface area contributed by atoms with E-state index in [0.29, 0.717) is 56.7 Å². The minimum Gasteiger partial charge on any atom is -0.381 e. The van der Waals surface area contributed by atoms with E-state index in [0.717, 1.165) is 16.7 Å². The molecule has 0 atom stereocenters. The van der Waals surface area contributed by atoms with Crippen molar-refractivity contribution >= 4 is 16.9 Å². The molecule has 1 fully saturated rings. The summed E-state index contributed by atoms with van der Waals surface area (Å²) in [6, 6.07) is 18.0. The van der Waals surface area contributed by atoms with Crippen molar-refractivity contribution in [2.75, 3.05) is 19.8 Å². The number of nitrogens with one attached hydrogen (secondary N) is 1. The Kier molecular flexibility index (Phi) is 6.46. The summed E-state index contributed by atoms with van der Waals surface area (Å²) in [5.41, 5.74) is 3.01. The minimum absolute atomic E-state index is 0.00284. The van der Waals surface area contributed by atoms with Gasteiger partial charge in [-0.2, -0.15) is 5.10 Å². The van der Waals surface area contributed by atoms with Crippen LogP contribution >= 0.6 is 0 Å². The van der Waals surface area contributed by atoms with Gasteiger partial charge in [-0.25, -0.2) is 9.67 Å². The molecule has 1 saturated heterocycles. The summed E-state index contributed by atoms with van der Waals surface area (Å²) >= 11 is 0. The Morgan fingerprint density at radius 1 is 1.11 bits per heavy atom. The number of benzene rings is 2. The molecule has 0 saturated carbocycles. The Labute approximate surface area is 203 Å². The average Bonchev–Trinajstić information content (AvgIpc) is 3.30. The summed E-state index contributed by atoms with van der Waals surface area (Å²) in [6.07, 6.45) is 4.42. The van der Waals surface area contributed by atoms with Gasteiger partial charge >= 0.3 is 0 Å². The smallest absolute Gasteiger partial charge is 0.264 e. The molecule has 8 heteroatoms. The van der Waals surface area contributed by atoms with E-state index in [-0.39, 0.29) is 11.5 Å². The predicted molar refractivity (Wildman–Crippen MR) is 133 cm³/mol. The molecule has 4 aromatic rings. The standard InChI is InChI=1S/C27H29N5O3/c1-20-6-5-7-21(16-20)18-31-19-29-24-23(25(31)33)17-30-32(24)13-12-28-26(34)27(10-14-35-15-11-27)22-8-3-2-4-9-22/h2-9,16-17,19H,10-15,18H2,1H3,(H,28,34). The topological polar surface area (TPSA) is 91.0 Å². The predicted octanol–water partition coefficient (Wildman–Crippen LogP) is 2.81. The van der Waals surface area contributed by atoms with E-state index in [1.165, 1.54) is 0 Å². The van der Waals surface area contributed by atoms with Crippen molar-refractivity contribution in [1.29, 1.82) is 0 Å². The van der Waals surface area contributed by atoms with Crippen LogP contribution in [0.2, 0.25) is 0 Å². The number of carbonyl (C=O) groups excluding carboxylic acids is 1. The van der Waals surface area contributed by atoms with Crippen LogP contribution in [0.3, 0.4) is 0 Å². The fraction of sp³-hybridized carbons (Fsp3) is 0.333. The summed E-state index contributed by atoms with van der Waals surface area (Å²) in [5, 5.41) is 7.93. The molecule has 0 radical (unpaired) electrons. The molecule has 0 spiro atoms. The van der Waals surface area contributed by atoms with Gasteiger partial charge in [0.25, 0.3) is 5.56 Å². The average molecular weight is 472 g/mol. The molecule has 0 bridgehead atoms. The van der Waals surface area contributed by atoms with Crippen LogP contribution in [0.4, 0.5) is 0 Å². The van der Waals surface area contributed by atoms with Crippen LogP contribution in [0.5, 0.6) is 0 Å². The van der Waals surface area contributed by atoms with Crippen LogP contribution in [0, 0.1) is 6.92 Å². The van der Waals surface area contributed by atoms with E-state index in [2.05, 4.69) is 21.5 Å². The Balaban J connectivity index is 1.29. The number of carbonyl (C=O) groups is 1. The first kappa shape index (κ1) is 23.0. The van der Waals surface area contributed by atoms with Gasteiger partial charge in [-0.3, -0.25) is 14.2 Å². The molecule has 3 heterocycles. The van der Waals surface area contributed by atoms with E-state index in [4.69, 9.17) is 4.74 Å². The second-order valence-electron chi connectivity index (χ2n) is 9.09. The van der Waals surface area contributed by atoms with Gasteiger partial charge in [0.05, 0.1) is 24.7 Å². The van der Waals surface area contributed by atoms with E-state index in [1.807, 2.05) is 55.5 Å². The zero-order valence-corrected chi connectivity index (χ0v) is 19.8. The molecule has 5 rings (SSSR count). The molecule has 2 aromatic carbocycles. The summed E-state index contributed by atoms with van der Waals surface area (Å²) in [6.45, 7) is 4.41. The Morgan fingerprint density at radius 3 is 2.69 bits per heavy atom. The highest BCUT2D eigenvalue weighted by molar-refractivity contribution is 5.88. The third-order valence-corrected chi connectivity index (χ3v) is 6.77. The van der Waals surface area contributed by atoms with Gasteiger partial charge in [0.1, 0.15) is 11.7 Å². The lowest BCUT2D eigenvalue weighted by atomic mass is 9.73. The first-order chi connectivity index (χ1) is 17.1. The highest BCUT2D eigenvalue weighted by Gasteiger charge is 2.41. The first-order valence-corrected chi connectivity index (χ1v) is 11.9. The zero-order valence-electron chi connectivity index (χ0n) is 19.8. The van der Waals surface area contributed by atoms with Crippen molar-refractivity contribution < 1.29 is 9.53 Å². The van der Waals surface area contributed by atoms with E-state index >= 15 is 0 Å². The fourth-order valence-corrected chi connectivity index (χ4v) is 4.85. The van der Waals surface area contributed by atoms with E-state index in [1.54, 1.807) is 21.8 Å². The maximum Gasteiger partial charge on any atom is 0.264 e. The van der Waals surface area contributed by atoms with Gasteiger partial charge in [0, 0.05) is 19.8 Å². The van der Waals surface area contributed by atoms with Crippen molar-refractivity contribution in [2.24, 2.45) is 0 Å². The molecular weight excluding hydrogens is 442 g/mol. The molecule has 0 unspecified atom stereocenters. The van der Waals surface area contributed by atoms with Crippen LogP contribution in [0.1, 0.15) is 29.5 Å². The monoisotopic (exact) mass is 471 g/mol. The third kappa shape index (κ3) is 4.61. The second kappa shape index (κ2) is 9.84. The van der Waals surface area contributed by atoms with Crippen LogP contribution in [0.15, 0.2) is 71.9 Å². The van der Waals surface area contributed by atoms with Gasteiger partial charge in [0.2, 0.25) is 5.91 Å². The highest BCUT2D eigenvalue weighted by Crippen LogP contribution is 2.35. The normalized spacial score (nSPS) is 15.2. The summed E-state index contributed by atoms with van der Waals surface area (Å²) in [7, 11) is 0. The lowest BCUT2D eigenvalue weighted by Gasteiger charge is -2.36. The maximum atomic E-state index is 13.3. The van der Waals surface area contributed by atoms with Crippen LogP contribution < -0.4 is 10.9 Å². The van der Waals surface area contributed by atoms with Crippen molar-refractivity contribution in [1.82, 2.24) is 24.6 Å². The van der Waals surface area contributed by atoms with E-state index < -0.39 is 5.41 Å². The van der Waals surface area contributed by atoms with Gasteiger partial charge in [-0.1, -0.05) is 60.2 Å². The molecule has 35 heavy (non-hydrogen) atoms. The quantitative estimate of drug-likeness (QED) is 0.448. The van der Waals surface area contributed by atoms with Crippen molar-refractivity contribution in [3.05, 3.63) is 94.2 Å². The Hall–Kier alpha value is -3.78. The minimum atomic E-state index is -0.590. The second-order valence-corrected chi connectivity index (χ2v) is 9.09. The molecule has 0 aliphatic carbocycles. The number of aromatic nitrogens is 4. The SMILES string of the molecule is Cc1cccc(Cn2cnc3c(cnn3CCNC(=O)C3(c4ccccc4)CCOCC3)c2=O)c1. The van der Waals surface area contributed by atoms with Gasteiger partial charge in [-0.15, -0.1) is 0 Å². The number of ether oxygens (including phenoxy) is 1. The molecule has 1 aliphatic rings. The van der Waals surface area contributed by atoms with Crippen molar-refractivity contribution in [2.45, 2.75) is 38.3 Å². The fourth-order valence-electron chi connectivity index (χ4n) is 4.85.